The number of carboxylic acids is 1. The average molecular weight is 321 g/mol. The summed E-state index contributed by atoms with van der Waals surface area (Å²) >= 11 is 0. The SMILES string of the molecule is Nc1ccc(N=Nc2cccc(S(=O)(=O)O)c2)cc1C(=O)O. The highest BCUT2D eigenvalue weighted by molar-refractivity contribution is 7.85. The largest absolute Gasteiger partial charge is 0.478 e. The lowest BCUT2D eigenvalue weighted by molar-refractivity contribution is 0.0698. The number of nitrogens with zero attached hydrogens (tertiary/aromatic N) is 2. The van der Waals surface area contributed by atoms with Crippen LogP contribution < -0.4 is 5.73 Å². The lowest BCUT2D eigenvalue weighted by atomic mass is 10.1. The van der Waals surface area contributed by atoms with Crippen molar-refractivity contribution in [1.29, 1.82) is 0 Å². The minimum Gasteiger partial charge on any atom is -0.478 e. The van der Waals surface area contributed by atoms with Gasteiger partial charge in [0, 0.05) is 5.69 Å². The minimum atomic E-state index is -4.33. The molecular weight excluding hydrogens is 310 g/mol. The molecule has 0 radical (unpaired) electrons. The molecule has 0 aromatic heterocycles. The summed E-state index contributed by atoms with van der Waals surface area (Å²) in [6.07, 6.45) is 0. The summed E-state index contributed by atoms with van der Waals surface area (Å²) in [6, 6.07) is 9.31. The van der Waals surface area contributed by atoms with E-state index in [1.54, 1.807) is 0 Å². The summed E-state index contributed by atoms with van der Waals surface area (Å²) in [5.41, 5.74) is 5.93. The third kappa shape index (κ3) is 3.65. The van der Waals surface area contributed by atoms with Crippen molar-refractivity contribution in [2.75, 3.05) is 5.73 Å². The van der Waals surface area contributed by atoms with Crippen LogP contribution in [0.4, 0.5) is 17.1 Å². The van der Waals surface area contributed by atoms with Crippen LogP contribution in [0.3, 0.4) is 0 Å². The van der Waals surface area contributed by atoms with E-state index in [9.17, 15) is 13.2 Å². The molecule has 22 heavy (non-hydrogen) atoms. The van der Waals surface area contributed by atoms with Gasteiger partial charge in [-0.1, -0.05) is 6.07 Å². The standard InChI is InChI=1S/C13H11N3O5S/c14-12-5-4-9(7-11(12)13(17)18)16-15-8-2-1-3-10(6-8)22(19,20)21/h1-7H,14H2,(H,17,18)(H,19,20,21). The van der Waals surface area contributed by atoms with Crippen LogP contribution in [0.2, 0.25) is 0 Å². The molecule has 0 saturated carbocycles. The van der Waals surface area contributed by atoms with E-state index < -0.39 is 16.1 Å². The van der Waals surface area contributed by atoms with Crippen LogP contribution in [0, 0.1) is 0 Å². The molecule has 0 unspecified atom stereocenters. The second kappa shape index (κ2) is 5.92. The van der Waals surface area contributed by atoms with E-state index in [0.717, 1.165) is 6.07 Å². The van der Waals surface area contributed by atoms with Crippen molar-refractivity contribution < 1.29 is 22.9 Å². The number of anilines is 1. The van der Waals surface area contributed by atoms with E-state index in [0.29, 0.717) is 0 Å². The van der Waals surface area contributed by atoms with E-state index in [1.165, 1.54) is 36.4 Å². The van der Waals surface area contributed by atoms with Gasteiger partial charge in [0.05, 0.1) is 21.8 Å². The number of aromatic carboxylic acids is 1. The molecule has 0 spiro atoms. The Balaban J connectivity index is 2.33. The van der Waals surface area contributed by atoms with Gasteiger partial charge in [0.2, 0.25) is 0 Å². The zero-order valence-corrected chi connectivity index (χ0v) is 11.9. The highest BCUT2D eigenvalue weighted by Gasteiger charge is 2.10. The highest BCUT2D eigenvalue weighted by Crippen LogP contribution is 2.24. The van der Waals surface area contributed by atoms with Gasteiger partial charge >= 0.3 is 5.97 Å². The minimum absolute atomic E-state index is 0.0971. The van der Waals surface area contributed by atoms with E-state index in [1.807, 2.05) is 0 Å². The maximum absolute atomic E-state index is 11.0. The number of benzene rings is 2. The summed E-state index contributed by atoms with van der Waals surface area (Å²) in [5, 5.41) is 16.6. The van der Waals surface area contributed by atoms with Crippen LogP contribution in [-0.4, -0.2) is 24.0 Å². The Hall–Kier alpha value is -2.78. The molecule has 0 heterocycles. The van der Waals surface area contributed by atoms with Gasteiger partial charge in [-0.25, -0.2) is 4.79 Å². The summed E-state index contributed by atoms with van der Waals surface area (Å²) < 4.78 is 31.0. The Kier molecular flexibility index (Phi) is 4.20. The van der Waals surface area contributed by atoms with Gasteiger partial charge in [-0.05, 0) is 36.4 Å². The predicted molar refractivity (Wildman–Crippen MR) is 78.2 cm³/mol. The monoisotopic (exact) mass is 321 g/mol. The van der Waals surface area contributed by atoms with Gasteiger partial charge in [0.25, 0.3) is 10.1 Å². The Labute approximate surface area is 125 Å². The van der Waals surface area contributed by atoms with Crippen molar-refractivity contribution in [2.45, 2.75) is 4.90 Å². The molecule has 0 fully saturated rings. The zero-order valence-electron chi connectivity index (χ0n) is 11.0. The quantitative estimate of drug-likeness (QED) is 0.449. The molecule has 0 bridgehead atoms. The first-order chi connectivity index (χ1) is 10.3. The summed E-state index contributed by atoms with van der Waals surface area (Å²) in [4.78, 5) is 10.6. The van der Waals surface area contributed by atoms with Gasteiger partial charge < -0.3 is 10.8 Å². The number of carboxylic acid groups (broad SMARTS) is 1. The van der Waals surface area contributed by atoms with Crippen molar-refractivity contribution in [3.05, 3.63) is 48.0 Å². The van der Waals surface area contributed by atoms with Gasteiger partial charge in [-0.15, -0.1) is 0 Å². The molecule has 0 atom stereocenters. The van der Waals surface area contributed by atoms with Crippen LogP contribution in [0.5, 0.6) is 0 Å². The first-order valence-electron chi connectivity index (χ1n) is 5.89. The van der Waals surface area contributed by atoms with E-state index in [4.69, 9.17) is 15.4 Å². The molecule has 4 N–H and O–H groups in total. The maximum Gasteiger partial charge on any atom is 0.337 e. The number of nitrogen functional groups attached to an aromatic ring is 1. The van der Waals surface area contributed by atoms with Crippen molar-refractivity contribution in [1.82, 2.24) is 0 Å². The van der Waals surface area contributed by atoms with Crippen LogP contribution in [0.15, 0.2) is 57.6 Å². The fourth-order valence-electron chi connectivity index (χ4n) is 1.61. The summed E-state index contributed by atoms with van der Waals surface area (Å²) in [7, 11) is -4.33. The molecule has 0 aliphatic rings. The fourth-order valence-corrected chi connectivity index (χ4v) is 2.13. The Morgan fingerprint density at radius 3 is 2.27 bits per heavy atom. The van der Waals surface area contributed by atoms with Crippen molar-refractivity contribution in [3.63, 3.8) is 0 Å². The number of hydrogen-bond donors (Lipinski definition) is 3. The first kappa shape index (κ1) is 15.6. The molecule has 8 nitrogen and oxygen atoms in total. The second-order valence-electron chi connectivity index (χ2n) is 4.25. The third-order valence-electron chi connectivity index (χ3n) is 2.66. The molecular formula is C13H11N3O5S. The lowest BCUT2D eigenvalue weighted by Gasteiger charge is -2.01. The third-order valence-corrected chi connectivity index (χ3v) is 3.51. The highest BCUT2D eigenvalue weighted by atomic mass is 32.2. The molecule has 0 aliphatic heterocycles. The summed E-state index contributed by atoms with van der Waals surface area (Å²) in [6.45, 7) is 0. The molecule has 9 heteroatoms. The lowest BCUT2D eigenvalue weighted by Crippen LogP contribution is -2.01. The van der Waals surface area contributed by atoms with Gasteiger partial charge in [0.15, 0.2) is 0 Å². The molecule has 0 aliphatic carbocycles. The van der Waals surface area contributed by atoms with E-state index in [2.05, 4.69) is 10.2 Å². The van der Waals surface area contributed by atoms with Crippen LogP contribution in [0.1, 0.15) is 10.4 Å². The molecule has 2 aromatic rings. The molecule has 0 amide bonds. The van der Waals surface area contributed by atoms with E-state index >= 15 is 0 Å². The topological polar surface area (TPSA) is 142 Å². The van der Waals surface area contributed by atoms with Crippen molar-refractivity contribution in [3.8, 4) is 0 Å². The van der Waals surface area contributed by atoms with Crippen LogP contribution in [0.25, 0.3) is 0 Å². The normalized spacial score (nSPS) is 11.7. The Bertz CT molecular complexity index is 862. The van der Waals surface area contributed by atoms with Crippen LogP contribution in [-0.2, 0) is 10.1 Å². The second-order valence-corrected chi connectivity index (χ2v) is 5.67. The number of carbonyl (C=O) groups is 1. The Morgan fingerprint density at radius 2 is 1.68 bits per heavy atom. The van der Waals surface area contributed by atoms with E-state index in [-0.39, 0.29) is 27.5 Å². The van der Waals surface area contributed by atoms with Crippen molar-refractivity contribution >= 4 is 33.1 Å². The molecule has 2 aromatic carbocycles. The predicted octanol–water partition coefficient (Wildman–Crippen LogP) is 2.63. The number of nitrogens with two attached hydrogens (primary N) is 1. The molecule has 0 saturated heterocycles. The number of azo groups is 1. The van der Waals surface area contributed by atoms with Crippen molar-refractivity contribution in [2.24, 2.45) is 10.2 Å². The van der Waals surface area contributed by atoms with Gasteiger partial charge in [-0.3, -0.25) is 4.55 Å². The molecule has 114 valence electrons. The summed E-state index contributed by atoms with van der Waals surface area (Å²) in [5.74, 6) is -1.19. The molecule has 2 rings (SSSR count). The smallest absolute Gasteiger partial charge is 0.337 e. The average Bonchev–Trinajstić information content (AvgIpc) is 2.45. The zero-order chi connectivity index (χ0) is 16.3. The van der Waals surface area contributed by atoms with Gasteiger partial charge in [-0.2, -0.15) is 18.6 Å². The number of hydrogen-bond acceptors (Lipinski definition) is 6. The number of rotatable bonds is 4. The maximum atomic E-state index is 11.0. The Morgan fingerprint density at radius 1 is 1.05 bits per heavy atom. The van der Waals surface area contributed by atoms with Crippen LogP contribution >= 0.6 is 0 Å². The fraction of sp³-hybridized carbons (Fsp3) is 0. The first-order valence-corrected chi connectivity index (χ1v) is 7.33. The van der Waals surface area contributed by atoms with Gasteiger partial charge in [0.1, 0.15) is 0 Å².